The maximum atomic E-state index is 12.3. The second-order valence-electron chi connectivity index (χ2n) is 6.17. The van der Waals surface area contributed by atoms with Crippen LogP contribution in [0.15, 0.2) is 54.6 Å². The lowest BCUT2D eigenvalue weighted by Gasteiger charge is -2.06. The molecule has 2 nitrogen and oxygen atoms in total. The van der Waals surface area contributed by atoms with Gasteiger partial charge in [-0.1, -0.05) is 55.8 Å². The monoisotopic (exact) mass is 299 g/mol. The van der Waals surface area contributed by atoms with Gasteiger partial charge in [-0.3, -0.25) is 4.79 Å². The molecular weight excluding hydrogens is 282 g/mol. The highest BCUT2D eigenvalue weighted by Gasteiger charge is 2.59. The Morgan fingerprint density at radius 3 is 2.29 bits per heavy atom. The van der Waals surface area contributed by atoms with Gasteiger partial charge in [0.2, 0.25) is 0 Å². The highest BCUT2D eigenvalue weighted by atomic mass is 35.5. The molecule has 1 fully saturated rings. The fourth-order valence-corrected chi connectivity index (χ4v) is 3.14. The molecule has 0 radical (unpaired) electrons. The van der Waals surface area contributed by atoms with E-state index in [-0.39, 0.29) is 17.4 Å². The van der Waals surface area contributed by atoms with Crippen molar-refractivity contribution in [2.75, 3.05) is 0 Å². The lowest BCUT2D eigenvalue weighted by molar-refractivity contribution is 0.0946. The molecule has 2 aromatic rings. The van der Waals surface area contributed by atoms with Crippen molar-refractivity contribution in [3.8, 4) is 0 Å². The molecule has 108 valence electrons. The SMILES string of the molecule is CC1(C)[C@H](NC(=O)c2ccccc2)[C@H]1c1ccc(Cl)cc1. The minimum absolute atomic E-state index is 0.00913. The summed E-state index contributed by atoms with van der Waals surface area (Å²) in [6, 6.07) is 17.4. The number of carbonyl (C=O) groups is 1. The summed E-state index contributed by atoms with van der Waals surface area (Å²) in [4.78, 5) is 12.3. The van der Waals surface area contributed by atoms with Crippen LogP contribution < -0.4 is 5.32 Å². The Balaban J connectivity index is 1.75. The first-order chi connectivity index (χ1) is 10.00. The molecule has 2 atom stereocenters. The predicted molar refractivity (Wildman–Crippen MR) is 85.7 cm³/mol. The van der Waals surface area contributed by atoms with Crippen LogP contribution >= 0.6 is 11.6 Å². The van der Waals surface area contributed by atoms with Gasteiger partial charge in [0, 0.05) is 22.5 Å². The molecule has 3 heteroatoms. The lowest BCUT2D eigenvalue weighted by atomic mass is 10.0. The molecule has 0 aromatic heterocycles. The molecule has 0 spiro atoms. The smallest absolute Gasteiger partial charge is 0.251 e. The van der Waals surface area contributed by atoms with Gasteiger partial charge in [-0.2, -0.15) is 0 Å². The molecule has 0 aliphatic heterocycles. The van der Waals surface area contributed by atoms with E-state index >= 15 is 0 Å². The molecule has 2 aromatic carbocycles. The summed E-state index contributed by atoms with van der Waals surface area (Å²) < 4.78 is 0. The van der Waals surface area contributed by atoms with Crippen molar-refractivity contribution in [1.82, 2.24) is 5.32 Å². The lowest BCUT2D eigenvalue weighted by Crippen LogP contribution is -2.28. The Kier molecular flexibility index (Phi) is 3.50. The van der Waals surface area contributed by atoms with Gasteiger partial charge in [0.05, 0.1) is 0 Å². The summed E-state index contributed by atoms with van der Waals surface area (Å²) in [5.41, 5.74) is 2.00. The van der Waals surface area contributed by atoms with E-state index in [2.05, 4.69) is 19.2 Å². The zero-order valence-corrected chi connectivity index (χ0v) is 12.9. The van der Waals surface area contributed by atoms with E-state index in [1.165, 1.54) is 5.56 Å². The maximum Gasteiger partial charge on any atom is 0.251 e. The number of hydrogen-bond donors (Lipinski definition) is 1. The number of benzene rings is 2. The summed E-state index contributed by atoms with van der Waals surface area (Å²) >= 11 is 5.94. The predicted octanol–water partition coefficient (Wildman–Crippen LogP) is 4.26. The first-order valence-corrected chi connectivity index (χ1v) is 7.49. The Morgan fingerprint density at radius 1 is 1.05 bits per heavy atom. The van der Waals surface area contributed by atoms with Crippen molar-refractivity contribution in [2.24, 2.45) is 5.41 Å². The Labute approximate surface area is 130 Å². The van der Waals surface area contributed by atoms with Crippen LogP contribution in [0.25, 0.3) is 0 Å². The quantitative estimate of drug-likeness (QED) is 0.901. The van der Waals surface area contributed by atoms with Crippen LogP contribution in [0.5, 0.6) is 0 Å². The first-order valence-electron chi connectivity index (χ1n) is 7.11. The summed E-state index contributed by atoms with van der Waals surface area (Å²) in [7, 11) is 0. The molecule has 0 heterocycles. The zero-order valence-electron chi connectivity index (χ0n) is 12.1. The average molecular weight is 300 g/mol. The largest absolute Gasteiger partial charge is 0.348 e. The van der Waals surface area contributed by atoms with Gasteiger partial charge in [-0.05, 0) is 35.2 Å². The maximum absolute atomic E-state index is 12.3. The van der Waals surface area contributed by atoms with Crippen LogP contribution in [0.4, 0.5) is 0 Å². The Bertz CT molecular complexity index is 649. The molecule has 1 N–H and O–H groups in total. The first kappa shape index (κ1) is 14.2. The number of nitrogens with one attached hydrogen (secondary N) is 1. The third kappa shape index (κ3) is 2.68. The van der Waals surface area contributed by atoms with E-state index < -0.39 is 0 Å². The molecule has 1 aliphatic rings. The van der Waals surface area contributed by atoms with Crippen molar-refractivity contribution in [2.45, 2.75) is 25.8 Å². The molecule has 0 bridgehead atoms. The van der Waals surface area contributed by atoms with Crippen molar-refractivity contribution in [1.29, 1.82) is 0 Å². The van der Waals surface area contributed by atoms with E-state index in [1.807, 2.05) is 54.6 Å². The molecule has 21 heavy (non-hydrogen) atoms. The number of halogens is 1. The van der Waals surface area contributed by atoms with E-state index in [4.69, 9.17) is 11.6 Å². The van der Waals surface area contributed by atoms with Crippen LogP contribution in [0.3, 0.4) is 0 Å². The van der Waals surface area contributed by atoms with Crippen molar-refractivity contribution in [3.05, 3.63) is 70.7 Å². The number of carbonyl (C=O) groups excluding carboxylic acids is 1. The van der Waals surface area contributed by atoms with E-state index in [1.54, 1.807) is 0 Å². The second-order valence-corrected chi connectivity index (χ2v) is 6.60. The minimum atomic E-state index is -0.00913. The van der Waals surface area contributed by atoms with Gasteiger partial charge in [0.1, 0.15) is 0 Å². The summed E-state index contributed by atoms with van der Waals surface area (Å²) in [6.45, 7) is 4.37. The topological polar surface area (TPSA) is 29.1 Å². The molecule has 0 saturated heterocycles. The number of amides is 1. The summed E-state index contributed by atoms with van der Waals surface area (Å²) in [6.07, 6.45) is 0. The fraction of sp³-hybridized carbons (Fsp3) is 0.278. The van der Waals surface area contributed by atoms with Crippen molar-refractivity contribution in [3.63, 3.8) is 0 Å². The van der Waals surface area contributed by atoms with Crippen LogP contribution in [-0.2, 0) is 0 Å². The normalized spacial score (nSPS) is 22.6. The standard InChI is InChI=1S/C18H18ClNO/c1-18(2)15(12-8-10-14(19)11-9-12)16(18)20-17(21)13-6-4-3-5-7-13/h3-11,15-16H,1-2H3,(H,20,21)/t15-,16-/m1/s1. The van der Waals surface area contributed by atoms with Gasteiger partial charge >= 0.3 is 0 Å². The highest BCUT2D eigenvalue weighted by molar-refractivity contribution is 6.30. The van der Waals surface area contributed by atoms with Gasteiger partial charge in [0.25, 0.3) is 5.91 Å². The van der Waals surface area contributed by atoms with Gasteiger partial charge in [-0.15, -0.1) is 0 Å². The number of hydrogen-bond acceptors (Lipinski definition) is 1. The summed E-state index contributed by atoms with van der Waals surface area (Å²) in [5.74, 6) is 0.326. The fourth-order valence-electron chi connectivity index (χ4n) is 3.01. The highest BCUT2D eigenvalue weighted by Crippen LogP contribution is 2.58. The molecule has 1 saturated carbocycles. The molecule has 1 aliphatic carbocycles. The molecule has 1 amide bonds. The molecular formula is C18H18ClNO. The Hall–Kier alpha value is -1.80. The van der Waals surface area contributed by atoms with Crippen LogP contribution in [-0.4, -0.2) is 11.9 Å². The third-order valence-corrected chi connectivity index (χ3v) is 4.63. The third-order valence-electron chi connectivity index (χ3n) is 4.38. The van der Waals surface area contributed by atoms with Gasteiger partial charge < -0.3 is 5.32 Å². The number of rotatable bonds is 3. The molecule has 0 unspecified atom stereocenters. The minimum Gasteiger partial charge on any atom is -0.348 e. The average Bonchev–Trinajstić information content (AvgIpc) is 3.02. The van der Waals surface area contributed by atoms with Crippen LogP contribution in [0.1, 0.15) is 35.7 Å². The summed E-state index contributed by atoms with van der Waals surface area (Å²) in [5, 5.41) is 3.89. The van der Waals surface area contributed by atoms with E-state index in [0.29, 0.717) is 11.5 Å². The van der Waals surface area contributed by atoms with Crippen LogP contribution in [0, 0.1) is 5.41 Å². The van der Waals surface area contributed by atoms with E-state index in [9.17, 15) is 4.79 Å². The van der Waals surface area contributed by atoms with Crippen molar-refractivity contribution < 1.29 is 4.79 Å². The van der Waals surface area contributed by atoms with Gasteiger partial charge in [-0.25, -0.2) is 0 Å². The van der Waals surface area contributed by atoms with Gasteiger partial charge in [0.15, 0.2) is 0 Å². The zero-order chi connectivity index (χ0) is 15.0. The second kappa shape index (κ2) is 5.19. The van der Waals surface area contributed by atoms with Crippen molar-refractivity contribution >= 4 is 17.5 Å². The van der Waals surface area contributed by atoms with Crippen LogP contribution in [0.2, 0.25) is 5.02 Å². The Morgan fingerprint density at radius 2 is 1.67 bits per heavy atom. The molecule has 3 rings (SSSR count). The van der Waals surface area contributed by atoms with E-state index in [0.717, 1.165) is 5.02 Å².